The fraction of sp³-hybridized carbons (Fsp3) is 0.120. The summed E-state index contributed by atoms with van der Waals surface area (Å²) < 4.78 is 43.0. The first kappa shape index (κ1) is 25.2. The van der Waals surface area contributed by atoms with Gasteiger partial charge in [0.25, 0.3) is 0 Å². The Morgan fingerprint density at radius 2 is 1.65 bits per heavy atom. The first-order valence-corrected chi connectivity index (χ1v) is 10.9. The maximum atomic E-state index is 12.7. The topological polar surface area (TPSA) is 107 Å². The van der Waals surface area contributed by atoms with E-state index >= 15 is 0 Å². The van der Waals surface area contributed by atoms with Crippen LogP contribution in [0.15, 0.2) is 79.3 Å². The molecule has 0 saturated carbocycles. The van der Waals surface area contributed by atoms with Gasteiger partial charge in [0.15, 0.2) is 0 Å². The van der Waals surface area contributed by atoms with Crippen LogP contribution < -0.4 is 15.5 Å². The number of urea groups is 1. The molecule has 2 aromatic heterocycles. The van der Waals surface area contributed by atoms with Crippen molar-refractivity contribution < 1.29 is 32.3 Å². The zero-order chi connectivity index (χ0) is 26.4. The van der Waals surface area contributed by atoms with Crippen molar-refractivity contribution in [2.45, 2.75) is 13.1 Å². The smallest absolute Gasteiger partial charge is 0.433 e. The van der Waals surface area contributed by atoms with Gasteiger partial charge in [-0.3, -0.25) is 9.82 Å². The molecule has 0 bridgehead atoms. The van der Waals surface area contributed by atoms with Crippen LogP contribution in [0.4, 0.5) is 34.1 Å². The number of hydrogen-bond acceptors (Lipinski definition) is 6. The Hall–Kier alpha value is -4.87. The molecule has 2 heterocycles. The molecule has 2 amide bonds. The predicted molar refractivity (Wildman–Crippen MR) is 129 cm³/mol. The van der Waals surface area contributed by atoms with Crippen molar-refractivity contribution in [3.63, 3.8) is 0 Å². The van der Waals surface area contributed by atoms with Crippen LogP contribution in [-0.4, -0.2) is 33.7 Å². The average molecular weight is 511 g/mol. The number of carbonyl (C=O) groups excluding carboxylic acids is 2. The molecule has 0 aliphatic rings. The second kappa shape index (κ2) is 10.8. The monoisotopic (exact) mass is 511 g/mol. The number of benzene rings is 2. The third kappa shape index (κ3) is 6.42. The predicted octanol–water partition coefficient (Wildman–Crippen LogP) is 5.86. The molecule has 0 spiro atoms. The molecule has 12 heteroatoms. The van der Waals surface area contributed by atoms with E-state index in [0.717, 1.165) is 34.7 Å². The summed E-state index contributed by atoms with van der Waals surface area (Å²) >= 11 is 0. The molecular weight excluding hydrogens is 491 g/mol. The van der Waals surface area contributed by atoms with Crippen molar-refractivity contribution in [3.05, 3.63) is 84.8 Å². The SMILES string of the molecule is CCOC(=O)On1cc(-c2ccncc2)c(-c2cccc(NC(=O)Nc3ccc(C(F)(F)F)cc3)c2)n1. The number of amides is 2. The number of hydrogen-bond donors (Lipinski definition) is 2. The van der Waals surface area contributed by atoms with Gasteiger partial charge in [-0.05, 0) is 61.0 Å². The Bertz CT molecular complexity index is 1390. The van der Waals surface area contributed by atoms with Gasteiger partial charge in [-0.15, -0.1) is 5.10 Å². The molecular formula is C25H20F3N5O4. The van der Waals surface area contributed by atoms with Gasteiger partial charge in [-0.2, -0.15) is 13.2 Å². The number of rotatable bonds is 6. The van der Waals surface area contributed by atoms with E-state index in [1.54, 1.807) is 55.7 Å². The van der Waals surface area contributed by atoms with Crippen LogP contribution >= 0.6 is 0 Å². The van der Waals surface area contributed by atoms with E-state index in [1.165, 1.54) is 6.20 Å². The van der Waals surface area contributed by atoms with E-state index < -0.39 is 23.9 Å². The molecule has 0 radical (unpaired) electrons. The minimum Gasteiger partial charge on any atom is -0.433 e. The molecule has 4 rings (SSSR count). The van der Waals surface area contributed by atoms with Crippen molar-refractivity contribution in [2.24, 2.45) is 0 Å². The fourth-order valence-corrected chi connectivity index (χ4v) is 3.36. The molecule has 4 aromatic rings. The van der Waals surface area contributed by atoms with Crippen LogP contribution in [0.25, 0.3) is 22.4 Å². The normalized spacial score (nSPS) is 11.0. The summed E-state index contributed by atoms with van der Waals surface area (Å²) in [6.07, 6.45) is -0.671. The van der Waals surface area contributed by atoms with Crippen LogP contribution in [0, 0.1) is 0 Å². The van der Waals surface area contributed by atoms with Crippen LogP contribution in [-0.2, 0) is 10.9 Å². The number of aromatic nitrogens is 3. The highest BCUT2D eigenvalue weighted by Gasteiger charge is 2.30. The van der Waals surface area contributed by atoms with Gasteiger partial charge < -0.3 is 15.4 Å². The third-order valence-electron chi connectivity index (χ3n) is 4.98. The number of anilines is 2. The quantitative estimate of drug-likeness (QED) is 0.314. The minimum absolute atomic E-state index is 0.131. The van der Waals surface area contributed by atoms with E-state index in [4.69, 9.17) is 9.57 Å². The van der Waals surface area contributed by atoms with E-state index in [-0.39, 0.29) is 12.3 Å². The molecule has 0 saturated heterocycles. The molecule has 2 N–H and O–H groups in total. The summed E-state index contributed by atoms with van der Waals surface area (Å²) in [5, 5.41) is 9.47. The number of ether oxygens (including phenoxy) is 1. The Morgan fingerprint density at radius 1 is 0.946 bits per heavy atom. The number of halogens is 3. The molecule has 190 valence electrons. The maximum Gasteiger partial charge on any atom is 0.535 e. The van der Waals surface area contributed by atoms with E-state index in [9.17, 15) is 22.8 Å². The Labute approximate surface area is 208 Å². The van der Waals surface area contributed by atoms with Crippen LogP contribution in [0.2, 0.25) is 0 Å². The van der Waals surface area contributed by atoms with E-state index in [2.05, 4.69) is 20.7 Å². The van der Waals surface area contributed by atoms with Crippen molar-refractivity contribution in [1.29, 1.82) is 0 Å². The van der Waals surface area contributed by atoms with Gasteiger partial charge in [0.05, 0.1) is 18.4 Å². The second-order valence-electron chi connectivity index (χ2n) is 7.54. The lowest BCUT2D eigenvalue weighted by Crippen LogP contribution is -2.21. The molecule has 0 atom stereocenters. The largest absolute Gasteiger partial charge is 0.535 e. The maximum absolute atomic E-state index is 12.7. The van der Waals surface area contributed by atoms with Gasteiger partial charge in [-0.25, -0.2) is 9.59 Å². The van der Waals surface area contributed by atoms with Gasteiger partial charge >= 0.3 is 18.4 Å². The summed E-state index contributed by atoms with van der Waals surface area (Å²) in [4.78, 5) is 34.3. The lowest BCUT2D eigenvalue weighted by atomic mass is 10.0. The van der Waals surface area contributed by atoms with Crippen LogP contribution in [0.5, 0.6) is 0 Å². The fourth-order valence-electron chi connectivity index (χ4n) is 3.36. The Kier molecular flexibility index (Phi) is 7.37. The highest BCUT2D eigenvalue weighted by molar-refractivity contribution is 6.00. The first-order chi connectivity index (χ1) is 17.7. The number of pyridine rings is 1. The van der Waals surface area contributed by atoms with Gasteiger partial charge in [0.1, 0.15) is 5.69 Å². The van der Waals surface area contributed by atoms with Crippen LogP contribution in [0.1, 0.15) is 12.5 Å². The van der Waals surface area contributed by atoms with E-state index in [1.807, 2.05) is 0 Å². The van der Waals surface area contributed by atoms with Gasteiger partial charge in [-0.1, -0.05) is 17.0 Å². The summed E-state index contributed by atoms with van der Waals surface area (Å²) in [6, 6.07) is 13.7. The zero-order valence-corrected chi connectivity index (χ0v) is 19.3. The highest BCUT2D eigenvalue weighted by atomic mass is 19.4. The zero-order valence-electron chi connectivity index (χ0n) is 19.3. The second-order valence-corrected chi connectivity index (χ2v) is 7.54. The molecule has 9 nitrogen and oxygen atoms in total. The van der Waals surface area contributed by atoms with Crippen molar-refractivity contribution >= 4 is 23.6 Å². The van der Waals surface area contributed by atoms with Gasteiger partial charge in [0.2, 0.25) is 0 Å². The standard InChI is InChI=1S/C25H20F3N5O4/c1-2-36-24(35)37-33-15-21(16-10-12-29-13-11-16)22(32-33)17-4-3-5-20(14-17)31-23(34)30-19-8-6-18(7-9-19)25(26,27)28/h3-15H,2H2,1H3,(H2,30,31,34). The number of nitrogens with zero attached hydrogens (tertiary/aromatic N) is 3. The molecule has 0 aliphatic carbocycles. The molecule has 2 aromatic carbocycles. The average Bonchev–Trinajstić information content (AvgIpc) is 3.28. The van der Waals surface area contributed by atoms with Crippen molar-refractivity contribution in [3.8, 4) is 22.4 Å². The summed E-state index contributed by atoms with van der Waals surface area (Å²) in [6.45, 7) is 1.77. The van der Waals surface area contributed by atoms with Gasteiger partial charge in [0, 0.05) is 34.9 Å². The summed E-state index contributed by atoms with van der Waals surface area (Å²) in [7, 11) is 0. The number of carbonyl (C=O) groups is 2. The molecule has 37 heavy (non-hydrogen) atoms. The Balaban J connectivity index is 1.55. The lowest BCUT2D eigenvalue weighted by molar-refractivity contribution is -0.137. The van der Waals surface area contributed by atoms with Crippen molar-refractivity contribution in [1.82, 2.24) is 14.9 Å². The molecule has 0 fully saturated rings. The van der Waals surface area contributed by atoms with Crippen LogP contribution in [0.3, 0.4) is 0 Å². The lowest BCUT2D eigenvalue weighted by Gasteiger charge is -2.11. The molecule has 0 aliphatic heterocycles. The first-order valence-electron chi connectivity index (χ1n) is 10.9. The van der Waals surface area contributed by atoms with E-state index in [0.29, 0.717) is 22.5 Å². The number of nitrogens with one attached hydrogen (secondary N) is 2. The van der Waals surface area contributed by atoms with Crippen molar-refractivity contribution in [2.75, 3.05) is 17.2 Å². The third-order valence-corrected chi connectivity index (χ3v) is 4.98. The number of alkyl halides is 3. The summed E-state index contributed by atoms with van der Waals surface area (Å²) in [5.41, 5.74) is 2.18. The highest BCUT2D eigenvalue weighted by Crippen LogP contribution is 2.32. The Morgan fingerprint density at radius 3 is 2.32 bits per heavy atom. The molecule has 0 unspecified atom stereocenters. The summed E-state index contributed by atoms with van der Waals surface area (Å²) in [5.74, 6) is 0. The minimum atomic E-state index is -4.47.